The summed E-state index contributed by atoms with van der Waals surface area (Å²) in [5, 5.41) is 8.37. The van der Waals surface area contributed by atoms with Gasteiger partial charge in [0, 0.05) is 6.42 Å². The molecule has 0 atom stereocenters. The smallest absolute Gasteiger partial charge is 0.198 e. The Morgan fingerprint density at radius 3 is 2.32 bits per heavy atom. The van der Waals surface area contributed by atoms with Crippen LogP contribution in [0, 0.1) is 18.3 Å². The fraction of sp³-hybridized carbons (Fsp3) is 0.533. The molecule has 0 fully saturated rings. The molecule has 0 aromatic heterocycles. The minimum absolute atomic E-state index is 0.456. The summed E-state index contributed by atoms with van der Waals surface area (Å²) in [6, 6.07) is 5.84. The van der Waals surface area contributed by atoms with Crippen molar-refractivity contribution in [1.29, 1.82) is 5.26 Å². The predicted octanol–water partition coefficient (Wildman–Crippen LogP) is 5.28. The molecule has 4 heteroatoms. The lowest BCUT2D eigenvalue weighted by atomic mass is 9.99. The van der Waals surface area contributed by atoms with E-state index in [1.807, 2.05) is 19.9 Å². The molecule has 1 aromatic carbocycles. The van der Waals surface area contributed by atoms with Crippen LogP contribution >= 0.6 is 0 Å². The van der Waals surface area contributed by atoms with Crippen molar-refractivity contribution < 1.29 is 13.2 Å². The first-order chi connectivity index (χ1) is 8.95. The molecular formula is C15H20F3N. The van der Waals surface area contributed by atoms with Gasteiger partial charge in [-0.1, -0.05) is 19.9 Å². The highest BCUT2D eigenvalue weighted by Gasteiger charge is 2.30. The summed E-state index contributed by atoms with van der Waals surface area (Å²) in [4.78, 5) is 0. The third-order valence-corrected chi connectivity index (χ3v) is 2.66. The van der Waals surface area contributed by atoms with E-state index >= 15 is 0 Å². The Morgan fingerprint density at radius 2 is 1.79 bits per heavy atom. The molecular weight excluding hydrogens is 251 g/mol. The molecule has 0 aliphatic rings. The van der Waals surface area contributed by atoms with E-state index in [0.29, 0.717) is 12.8 Å². The summed E-state index contributed by atoms with van der Waals surface area (Å²) < 4.78 is 37.5. The molecule has 0 heterocycles. The molecule has 0 spiro atoms. The Hall–Kier alpha value is -1.50. The number of hydrogen-bond donors (Lipinski definition) is 0. The minimum atomic E-state index is -4.28. The number of unbranched alkanes of at least 4 members (excludes halogenated alkanes) is 2. The van der Waals surface area contributed by atoms with Gasteiger partial charge < -0.3 is 0 Å². The van der Waals surface area contributed by atoms with Gasteiger partial charge in [-0.05, 0) is 49.4 Å². The van der Waals surface area contributed by atoms with Crippen molar-refractivity contribution in [2.45, 2.75) is 52.6 Å². The average Bonchev–Trinajstić information content (AvgIpc) is 2.37. The first-order valence-corrected chi connectivity index (χ1v) is 6.49. The highest BCUT2D eigenvalue weighted by Crippen LogP contribution is 2.30. The predicted molar refractivity (Wildman–Crippen MR) is 70.7 cm³/mol. The number of nitriles is 1. The monoisotopic (exact) mass is 271 g/mol. The van der Waals surface area contributed by atoms with Crippen molar-refractivity contribution in [3.8, 4) is 6.07 Å². The molecule has 1 aromatic rings. The molecule has 0 aliphatic heterocycles. The van der Waals surface area contributed by atoms with E-state index in [1.54, 1.807) is 6.92 Å². The minimum Gasteiger partial charge on any atom is -0.198 e. The SMILES string of the molecule is CC.Cc1ccc(C(F)(F)F)cc1CCCCC#N. The lowest BCUT2D eigenvalue weighted by Crippen LogP contribution is -2.06. The van der Waals surface area contributed by atoms with Crippen LogP contribution in [0.1, 0.15) is 49.8 Å². The van der Waals surface area contributed by atoms with Gasteiger partial charge in [0.05, 0.1) is 11.6 Å². The number of halogens is 3. The van der Waals surface area contributed by atoms with Gasteiger partial charge in [-0.2, -0.15) is 18.4 Å². The molecule has 1 rings (SSSR count). The lowest BCUT2D eigenvalue weighted by molar-refractivity contribution is -0.137. The number of aryl methyl sites for hydroxylation is 2. The zero-order chi connectivity index (χ0) is 14.9. The van der Waals surface area contributed by atoms with Crippen molar-refractivity contribution in [1.82, 2.24) is 0 Å². The number of rotatable bonds is 4. The van der Waals surface area contributed by atoms with Crippen molar-refractivity contribution in [3.63, 3.8) is 0 Å². The van der Waals surface area contributed by atoms with Crippen LogP contribution in [0.5, 0.6) is 0 Å². The molecule has 106 valence electrons. The van der Waals surface area contributed by atoms with Crippen molar-refractivity contribution >= 4 is 0 Å². The molecule has 0 radical (unpaired) electrons. The third kappa shape index (κ3) is 6.28. The van der Waals surface area contributed by atoms with Gasteiger partial charge in [0.25, 0.3) is 0 Å². The molecule has 0 saturated carbocycles. The van der Waals surface area contributed by atoms with E-state index in [4.69, 9.17) is 5.26 Å². The summed E-state index contributed by atoms with van der Waals surface area (Å²) in [6.07, 6.45) is -1.76. The van der Waals surface area contributed by atoms with Crippen LogP contribution in [0.4, 0.5) is 13.2 Å². The number of nitrogens with zero attached hydrogens (tertiary/aromatic N) is 1. The van der Waals surface area contributed by atoms with Crippen LogP contribution in [0.15, 0.2) is 18.2 Å². The Kier molecular flexibility index (Phi) is 7.90. The van der Waals surface area contributed by atoms with Gasteiger partial charge in [0.15, 0.2) is 0 Å². The van der Waals surface area contributed by atoms with E-state index in [-0.39, 0.29) is 0 Å². The van der Waals surface area contributed by atoms with Gasteiger partial charge in [0.1, 0.15) is 0 Å². The fourth-order valence-electron chi connectivity index (χ4n) is 1.64. The van der Waals surface area contributed by atoms with Crippen molar-refractivity contribution in [2.24, 2.45) is 0 Å². The largest absolute Gasteiger partial charge is 0.416 e. The zero-order valence-electron chi connectivity index (χ0n) is 11.6. The second-order valence-electron chi connectivity index (χ2n) is 4.00. The van der Waals surface area contributed by atoms with Crippen LogP contribution in [0.2, 0.25) is 0 Å². The third-order valence-electron chi connectivity index (χ3n) is 2.66. The Labute approximate surface area is 113 Å². The molecule has 0 saturated heterocycles. The Balaban J connectivity index is 0.00000154. The summed E-state index contributed by atoms with van der Waals surface area (Å²) in [7, 11) is 0. The average molecular weight is 271 g/mol. The summed E-state index contributed by atoms with van der Waals surface area (Å²) in [5.74, 6) is 0. The van der Waals surface area contributed by atoms with E-state index in [1.165, 1.54) is 12.1 Å². The molecule has 0 aliphatic carbocycles. The van der Waals surface area contributed by atoms with Crippen LogP contribution < -0.4 is 0 Å². The number of hydrogen-bond acceptors (Lipinski definition) is 1. The Bertz CT molecular complexity index is 416. The summed E-state index contributed by atoms with van der Waals surface area (Å²) in [6.45, 7) is 5.81. The molecule has 19 heavy (non-hydrogen) atoms. The van der Waals surface area contributed by atoms with E-state index in [0.717, 1.165) is 30.0 Å². The highest BCUT2D eigenvalue weighted by atomic mass is 19.4. The van der Waals surface area contributed by atoms with Crippen LogP contribution in [-0.4, -0.2) is 0 Å². The lowest BCUT2D eigenvalue weighted by Gasteiger charge is -2.11. The van der Waals surface area contributed by atoms with Crippen LogP contribution in [-0.2, 0) is 12.6 Å². The standard InChI is InChI=1S/C13H14F3N.C2H6/c1-10-6-7-12(13(14,15)16)9-11(10)5-3-2-4-8-17;1-2/h6-7,9H,2-5H2,1H3;1-2H3. The summed E-state index contributed by atoms with van der Waals surface area (Å²) in [5.41, 5.74) is 0.992. The second-order valence-corrected chi connectivity index (χ2v) is 4.00. The number of alkyl halides is 3. The quantitative estimate of drug-likeness (QED) is 0.684. The molecule has 0 amide bonds. The maximum Gasteiger partial charge on any atom is 0.416 e. The highest BCUT2D eigenvalue weighted by molar-refractivity contribution is 5.32. The molecule has 1 nitrogen and oxygen atoms in total. The van der Waals surface area contributed by atoms with E-state index in [2.05, 4.69) is 0 Å². The zero-order valence-corrected chi connectivity index (χ0v) is 11.6. The fourth-order valence-corrected chi connectivity index (χ4v) is 1.64. The topological polar surface area (TPSA) is 23.8 Å². The first kappa shape index (κ1) is 17.5. The van der Waals surface area contributed by atoms with Crippen molar-refractivity contribution in [2.75, 3.05) is 0 Å². The van der Waals surface area contributed by atoms with Crippen molar-refractivity contribution in [3.05, 3.63) is 34.9 Å². The molecule has 0 bridgehead atoms. The maximum atomic E-state index is 12.5. The normalized spacial score (nSPS) is 10.4. The van der Waals surface area contributed by atoms with E-state index < -0.39 is 11.7 Å². The van der Waals surface area contributed by atoms with Gasteiger partial charge in [-0.25, -0.2) is 0 Å². The second kappa shape index (κ2) is 8.58. The summed E-state index contributed by atoms with van der Waals surface area (Å²) >= 11 is 0. The molecule has 0 unspecified atom stereocenters. The first-order valence-electron chi connectivity index (χ1n) is 6.49. The molecule has 0 N–H and O–H groups in total. The van der Waals surface area contributed by atoms with E-state index in [9.17, 15) is 13.2 Å². The Morgan fingerprint density at radius 1 is 1.16 bits per heavy atom. The maximum absolute atomic E-state index is 12.5. The van der Waals surface area contributed by atoms with Gasteiger partial charge in [0.2, 0.25) is 0 Å². The van der Waals surface area contributed by atoms with Gasteiger partial charge in [-0.3, -0.25) is 0 Å². The van der Waals surface area contributed by atoms with Crippen LogP contribution in [0.25, 0.3) is 0 Å². The number of benzene rings is 1. The van der Waals surface area contributed by atoms with Crippen LogP contribution in [0.3, 0.4) is 0 Å². The van der Waals surface area contributed by atoms with Gasteiger partial charge in [-0.15, -0.1) is 0 Å². The van der Waals surface area contributed by atoms with Gasteiger partial charge >= 0.3 is 6.18 Å².